The van der Waals surface area contributed by atoms with E-state index in [1.807, 2.05) is 30.3 Å². The molecule has 1 aromatic carbocycles. The van der Waals surface area contributed by atoms with Gasteiger partial charge in [-0.3, -0.25) is 4.90 Å². The van der Waals surface area contributed by atoms with E-state index in [1.54, 1.807) is 14.0 Å². The number of hydrogen-bond donors (Lipinski definition) is 0. The van der Waals surface area contributed by atoms with Crippen LogP contribution in [0.25, 0.3) is 0 Å². The highest BCUT2D eigenvalue weighted by atomic mass is 16.6. The number of hydrogen-bond acceptors (Lipinski definition) is 5. The smallest absolute Gasteiger partial charge is 0.413 e. The molecule has 0 saturated carbocycles. The summed E-state index contributed by atoms with van der Waals surface area (Å²) in [7, 11) is 1.69. The summed E-state index contributed by atoms with van der Waals surface area (Å²) in [5.41, 5.74) is 0.834. The number of para-hydroxylation sites is 1. The van der Waals surface area contributed by atoms with Crippen LogP contribution < -0.4 is 4.90 Å². The van der Waals surface area contributed by atoms with Crippen LogP contribution in [0.15, 0.2) is 49.3 Å². The quantitative estimate of drug-likeness (QED) is 0.827. The van der Waals surface area contributed by atoms with E-state index in [1.165, 1.54) is 23.9 Å². The summed E-state index contributed by atoms with van der Waals surface area (Å²) >= 11 is 0. The normalized spacial score (nSPS) is 8.95. The van der Waals surface area contributed by atoms with E-state index < -0.39 is 0 Å². The molecule has 1 aromatic heterocycles. The Morgan fingerprint density at radius 2 is 1.63 bits per heavy atom. The molecule has 6 nitrogen and oxygen atoms in total. The standard InChI is InChI=1S/C10H13NO2.C3H3N3/c1-3-13-10(12)11(2)9-7-5-4-6-8-9;1-4-2-6-3-5-1/h4-8H,3H2,1-2H3;1-3H. The van der Waals surface area contributed by atoms with Crippen molar-refractivity contribution in [1.29, 1.82) is 0 Å². The van der Waals surface area contributed by atoms with Crippen LogP contribution in [0.3, 0.4) is 0 Å². The highest BCUT2D eigenvalue weighted by Gasteiger charge is 2.09. The van der Waals surface area contributed by atoms with Crippen LogP contribution in [0.4, 0.5) is 10.5 Å². The van der Waals surface area contributed by atoms with E-state index in [-0.39, 0.29) is 6.09 Å². The minimum Gasteiger partial charge on any atom is -0.449 e. The maximum atomic E-state index is 11.2. The maximum Gasteiger partial charge on any atom is 0.413 e. The lowest BCUT2D eigenvalue weighted by Crippen LogP contribution is -2.26. The van der Waals surface area contributed by atoms with Gasteiger partial charge in [0.05, 0.1) is 6.61 Å². The van der Waals surface area contributed by atoms with Gasteiger partial charge in [0.2, 0.25) is 0 Å². The third-order valence-corrected chi connectivity index (χ3v) is 2.09. The van der Waals surface area contributed by atoms with Crippen molar-refractivity contribution in [3.05, 3.63) is 49.3 Å². The lowest BCUT2D eigenvalue weighted by molar-refractivity contribution is 0.161. The molecule has 19 heavy (non-hydrogen) atoms. The Hall–Kier alpha value is -2.50. The van der Waals surface area contributed by atoms with E-state index in [0.29, 0.717) is 6.61 Å². The second-order valence-electron chi connectivity index (χ2n) is 3.39. The highest BCUT2D eigenvalue weighted by Crippen LogP contribution is 2.11. The van der Waals surface area contributed by atoms with Gasteiger partial charge in [0, 0.05) is 12.7 Å². The Labute approximate surface area is 112 Å². The topological polar surface area (TPSA) is 68.2 Å². The van der Waals surface area contributed by atoms with Gasteiger partial charge in [-0.2, -0.15) is 0 Å². The van der Waals surface area contributed by atoms with E-state index in [2.05, 4.69) is 15.0 Å². The minimum atomic E-state index is -0.325. The van der Waals surface area contributed by atoms with Crippen molar-refractivity contribution in [1.82, 2.24) is 15.0 Å². The zero-order valence-electron chi connectivity index (χ0n) is 10.9. The second kappa shape index (κ2) is 8.57. The van der Waals surface area contributed by atoms with Crippen LogP contribution in [-0.2, 0) is 4.74 Å². The molecule has 0 saturated heterocycles. The number of amides is 1. The van der Waals surface area contributed by atoms with Crippen LogP contribution in [0, 0.1) is 0 Å². The SMILES string of the molecule is CCOC(=O)N(C)c1ccccc1.c1ncncn1. The van der Waals surface area contributed by atoms with Crippen LogP contribution in [0.2, 0.25) is 0 Å². The molecule has 2 rings (SSSR count). The first-order valence-corrected chi connectivity index (χ1v) is 5.76. The van der Waals surface area contributed by atoms with Gasteiger partial charge in [-0.15, -0.1) is 0 Å². The van der Waals surface area contributed by atoms with Crippen molar-refractivity contribution in [3.8, 4) is 0 Å². The van der Waals surface area contributed by atoms with Crippen LogP contribution >= 0.6 is 0 Å². The average molecular weight is 260 g/mol. The Balaban J connectivity index is 0.000000250. The van der Waals surface area contributed by atoms with Crippen molar-refractivity contribution >= 4 is 11.8 Å². The third kappa shape index (κ3) is 5.58. The first-order valence-electron chi connectivity index (χ1n) is 5.76. The zero-order valence-corrected chi connectivity index (χ0v) is 10.9. The molecule has 0 spiro atoms. The van der Waals surface area contributed by atoms with Crippen molar-refractivity contribution in [2.24, 2.45) is 0 Å². The molecule has 0 bridgehead atoms. The van der Waals surface area contributed by atoms with Crippen molar-refractivity contribution in [2.45, 2.75) is 6.92 Å². The van der Waals surface area contributed by atoms with Gasteiger partial charge in [0.15, 0.2) is 0 Å². The second-order valence-corrected chi connectivity index (χ2v) is 3.39. The zero-order chi connectivity index (χ0) is 13.9. The molecule has 0 radical (unpaired) electrons. The first kappa shape index (κ1) is 14.6. The summed E-state index contributed by atoms with van der Waals surface area (Å²) in [6.07, 6.45) is 3.99. The van der Waals surface area contributed by atoms with Gasteiger partial charge in [0.25, 0.3) is 0 Å². The molecule has 0 atom stereocenters. The van der Waals surface area contributed by atoms with E-state index in [0.717, 1.165) is 5.69 Å². The molecule has 100 valence electrons. The average Bonchev–Trinajstić information content (AvgIpc) is 2.50. The maximum absolute atomic E-state index is 11.2. The monoisotopic (exact) mass is 260 g/mol. The molecule has 0 fully saturated rings. The Kier molecular flexibility index (Phi) is 6.57. The highest BCUT2D eigenvalue weighted by molar-refractivity contribution is 5.86. The number of anilines is 1. The summed E-state index contributed by atoms with van der Waals surface area (Å²) in [4.78, 5) is 23.4. The number of rotatable bonds is 2. The molecule has 0 N–H and O–H groups in total. The Morgan fingerprint density at radius 1 is 1.11 bits per heavy atom. The summed E-state index contributed by atoms with van der Waals surface area (Å²) in [6.45, 7) is 2.19. The van der Waals surface area contributed by atoms with Crippen LogP contribution in [0.1, 0.15) is 6.92 Å². The first-order chi connectivity index (χ1) is 9.25. The lowest BCUT2D eigenvalue weighted by atomic mass is 10.3. The fourth-order valence-electron chi connectivity index (χ4n) is 1.18. The van der Waals surface area contributed by atoms with Gasteiger partial charge >= 0.3 is 6.09 Å². The van der Waals surface area contributed by atoms with Gasteiger partial charge in [0.1, 0.15) is 19.0 Å². The van der Waals surface area contributed by atoms with Crippen LogP contribution in [0.5, 0.6) is 0 Å². The van der Waals surface area contributed by atoms with E-state index >= 15 is 0 Å². The van der Waals surface area contributed by atoms with Gasteiger partial charge in [-0.05, 0) is 19.1 Å². The lowest BCUT2D eigenvalue weighted by Gasteiger charge is -2.15. The van der Waals surface area contributed by atoms with Gasteiger partial charge in [-0.25, -0.2) is 19.7 Å². The molecule has 0 aliphatic heterocycles. The van der Waals surface area contributed by atoms with Crippen molar-refractivity contribution in [3.63, 3.8) is 0 Å². The number of aromatic nitrogens is 3. The fourth-order valence-corrected chi connectivity index (χ4v) is 1.18. The largest absolute Gasteiger partial charge is 0.449 e. The fraction of sp³-hybridized carbons (Fsp3) is 0.231. The molecule has 6 heteroatoms. The van der Waals surface area contributed by atoms with E-state index in [4.69, 9.17) is 4.74 Å². The number of benzene rings is 1. The third-order valence-electron chi connectivity index (χ3n) is 2.09. The van der Waals surface area contributed by atoms with Crippen molar-refractivity contribution in [2.75, 3.05) is 18.6 Å². The van der Waals surface area contributed by atoms with Gasteiger partial charge in [-0.1, -0.05) is 18.2 Å². The predicted octanol–water partition coefficient (Wildman–Crippen LogP) is 2.15. The summed E-state index contributed by atoms with van der Waals surface area (Å²) in [5, 5.41) is 0. The number of carbonyl (C=O) groups excluding carboxylic acids is 1. The number of nitrogens with zero attached hydrogens (tertiary/aromatic N) is 4. The molecular formula is C13H16N4O2. The molecule has 1 amide bonds. The number of carbonyl (C=O) groups is 1. The molecular weight excluding hydrogens is 244 g/mol. The summed E-state index contributed by atoms with van der Waals surface area (Å²) in [5.74, 6) is 0. The summed E-state index contributed by atoms with van der Waals surface area (Å²) in [6, 6.07) is 9.38. The molecule has 0 aliphatic carbocycles. The number of ether oxygens (including phenoxy) is 1. The van der Waals surface area contributed by atoms with E-state index in [9.17, 15) is 4.79 Å². The predicted molar refractivity (Wildman–Crippen MR) is 71.7 cm³/mol. The minimum absolute atomic E-state index is 0.325. The molecule has 0 unspecified atom stereocenters. The van der Waals surface area contributed by atoms with Crippen LogP contribution in [-0.4, -0.2) is 34.7 Å². The molecule has 1 heterocycles. The van der Waals surface area contributed by atoms with Crippen molar-refractivity contribution < 1.29 is 9.53 Å². The summed E-state index contributed by atoms with van der Waals surface area (Å²) < 4.78 is 4.85. The Morgan fingerprint density at radius 3 is 2.05 bits per heavy atom. The molecule has 0 aliphatic rings. The Bertz CT molecular complexity index is 438. The molecule has 2 aromatic rings. The van der Waals surface area contributed by atoms with Gasteiger partial charge < -0.3 is 4.74 Å².